The second kappa shape index (κ2) is 8.94. The van der Waals surface area contributed by atoms with E-state index in [1.807, 2.05) is 6.92 Å². The summed E-state index contributed by atoms with van der Waals surface area (Å²) in [5.41, 5.74) is 0. The number of hydrogen-bond donors (Lipinski definition) is 2. The molecule has 0 aliphatic carbocycles. The third kappa shape index (κ3) is 6.99. The van der Waals surface area contributed by atoms with Gasteiger partial charge < -0.3 is 10.2 Å². The first kappa shape index (κ1) is 17.8. The Bertz CT molecular complexity index is 351. The van der Waals surface area contributed by atoms with Gasteiger partial charge >= 0.3 is 0 Å². The molecule has 0 spiro atoms. The third-order valence-corrected chi connectivity index (χ3v) is 5.17. The molecule has 1 aliphatic heterocycles. The first-order valence-corrected chi connectivity index (χ1v) is 9.27. The summed E-state index contributed by atoms with van der Waals surface area (Å²) in [6.07, 6.45) is 0. The summed E-state index contributed by atoms with van der Waals surface area (Å²) in [4.78, 5) is 4.42. The van der Waals surface area contributed by atoms with Crippen LogP contribution in [0.2, 0.25) is 0 Å². The number of nitrogens with zero attached hydrogens (tertiary/aromatic N) is 2. The Morgan fingerprint density at radius 1 is 1.25 bits per heavy atom. The lowest BCUT2D eigenvalue weighted by molar-refractivity contribution is 0.253. The van der Waals surface area contributed by atoms with Gasteiger partial charge in [0.15, 0.2) is 0 Å². The largest absolute Gasteiger partial charge is 0.314 e. The molecule has 0 saturated carbocycles. The van der Waals surface area contributed by atoms with E-state index in [0.29, 0.717) is 6.54 Å². The molecule has 1 rings (SSSR count). The fourth-order valence-corrected chi connectivity index (χ4v) is 3.76. The molecule has 0 aromatic heterocycles. The summed E-state index contributed by atoms with van der Waals surface area (Å²) in [6.45, 7) is 13.2. The maximum Gasteiger partial charge on any atom is 0.213 e. The van der Waals surface area contributed by atoms with Gasteiger partial charge in [0.05, 0.1) is 5.75 Å². The van der Waals surface area contributed by atoms with E-state index < -0.39 is 10.0 Å². The predicted octanol–water partition coefficient (Wildman–Crippen LogP) is -0.459. The van der Waals surface area contributed by atoms with E-state index in [2.05, 4.69) is 33.7 Å². The Labute approximate surface area is 123 Å². The molecule has 1 heterocycles. The highest BCUT2D eigenvalue weighted by atomic mass is 32.2. The van der Waals surface area contributed by atoms with Crippen LogP contribution in [0.15, 0.2) is 0 Å². The average molecular weight is 306 g/mol. The van der Waals surface area contributed by atoms with Gasteiger partial charge in [-0.25, -0.2) is 13.1 Å². The van der Waals surface area contributed by atoms with Gasteiger partial charge in [-0.2, -0.15) is 0 Å². The molecule has 1 saturated heterocycles. The van der Waals surface area contributed by atoms with E-state index in [1.54, 1.807) is 0 Å². The van der Waals surface area contributed by atoms with Crippen LogP contribution in [0.1, 0.15) is 20.8 Å². The van der Waals surface area contributed by atoms with Crippen molar-refractivity contribution >= 4 is 10.0 Å². The van der Waals surface area contributed by atoms with Crippen molar-refractivity contribution < 1.29 is 8.42 Å². The van der Waals surface area contributed by atoms with Crippen molar-refractivity contribution in [1.29, 1.82) is 0 Å². The zero-order valence-corrected chi connectivity index (χ0v) is 13.9. The van der Waals surface area contributed by atoms with Crippen LogP contribution in [-0.2, 0) is 10.0 Å². The van der Waals surface area contributed by atoms with Gasteiger partial charge in [-0.3, -0.25) is 4.90 Å². The van der Waals surface area contributed by atoms with Crippen molar-refractivity contribution in [2.24, 2.45) is 0 Å². The van der Waals surface area contributed by atoms with Gasteiger partial charge in [-0.15, -0.1) is 0 Å². The van der Waals surface area contributed by atoms with Crippen LogP contribution in [0, 0.1) is 0 Å². The summed E-state index contributed by atoms with van der Waals surface area (Å²) in [5.74, 6) is 0.190. The van der Waals surface area contributed by atoms with Gasteiger partial charge in [0.1, 0.15) is 0 Å². The zero-order valence-electron chi connectivity index (χ0n) is 13.1. The zero-order chi connectivity index (χ0) is 15.0. The first-order valence-electron chi connectivity index (χ1n) is 7.62. The molecule has 0 aromatic carbocycles. The van der Waals surface area contributed by atoms with E-state index in [4.69, 9.17) is 0 Å². The second-order valence-electron chi connectivity index (χ2n) is 5.42. The summed E-state index contributed by atoms with van der Waals surface area (Å²) < 4.78 is 26.9. The van der Waals surface area contributed by atoms with E-state index in [0.717, 1.165) is 45.8 Å². The minimum Gasteiger partial charge on any atom is -0.314 e. The molecule has 0 amide bonds. The molecule has 120 valence electrons. The SMILES string of the molecule is CCN(CC)CC(C)NS(=O)(=O)CCN1CCNCC1. The van der Waals surface area contributed by atoms with Crippen LogP contribution in [0.4, 0.5) is 0 Å². The van der Waals surface area contributed by atoms with Crippen LogP contribution in [0.3, 0.4) is 0 Å². The van der Waals surface area contributed by atoms with E-state index >= 15 is 0 Å². The number of rotatable bonds is 9. The fourth-order valence-electron chi connectivity index (χ4n) is 2.46. The predicted molar refractivity (Wildman–Crippen MR) is 83.5 cm³/mol. The highest BCUT2D eigenvalue weighted by Gasteiger charge is 2.18. The van der Waals surface area contributed by atoms with Crippen LogP contribution in [0.25, 0.3) is 0 Å². The Kier molecular flexibility index (Phi) is 7.98. The fraction of sp³-hybridized carbons (Fsp3) is 1.00. The minimum atomic E-state index is -3.18. The van der Waals surface area contributed by atoms with Crippen LogP contribution >= 0.6 is 0 Å². The Morgan fingerprint density at radius 2 is 1.85 bits per heavy atom. The number of likely N-dealkylation sites (N-methyl/N-ethyl adjacent to an activating group) is 1. The summed E-state index contributed by atoms with van der Waals surface area (Å²) >= 11 is 0. The molecule has 0 aromatic rings. The van der Waals surface area contributed by atoms with Crippen LogP contribution in [-0.4, -0.2) is 82.4 Å². The monoisotopic (exact) mass is 306 g/mol. The van der Waals surface area contributed by atoms with Crippen LogP contribution in [0.5, 0.6) is 0 Å². The molecule has 0 bridgehead atoms. The summed E-state index contributed by atoms with van der Waals surface area (Å²) in [5, 5.41) is 3.27. The Morgan fingerprint density at radius 3 is 2.40 bits per heavy atom. The number of hydrogen-bond acceptors (Lipinski definition) is 5. The quantitative estimate of drug-likeness (QED) is 0.604. The van der Waals surface area contributed by atoms with Gasteiger partial charge in [0, 0.05) is 45.3 Å². The average Bonchev–Trinajstić information content (AvgIpc) is 2.43. The molecule has 1 aliphatic rings. The number of sulfonamides is 1. The van der Waals surface area contributed by atoms with Gasteiger partial charge in [0.25, 0.3) is 0 Å². The lowest BCUT2D eigenvalue weighted by atomic mass is 10.3. The minimum absolute atomic E-state index is 0.0390. The molecular weight excluding hydrogens is 276 g/mol. The molecule has 20 heavy (non-hydrogen) atoms. The maximum absolute atomic E-state index is 12.1. The molecule has 1 atom stereocenters. The molecule has 1 fully saturated rings. The smallest absolute Gasteiger partial charge is 0.213 e. The second-order valence-corrected chi connectivity index (χ2v) is 7.29. The van der Waals surface area contributed by atoms with Crippen molar-refractivity contribution in [3.8, 4) is 0 Å². The van der Waals surface area contributed by atoms with Crippen molar-refractivity contribution in [2.75, 3.05) is 58.1 Å². The third-order valence-electron chi connectivity index (χ3n) is 3.69. The van der Waals surface area contributed by atoms with Gasteiger partial charge in [-0.1, -0.05) is 13.8 Å². The molecule has 0 radical (unpaired) electrons. The van der Waals surface area contributed by atoms with E-state index in [1.165, 1.54) is 0 Å². The maximum atomic E-state index is 12.1. The Hall–Kier alpha value is -0.210. The molecule has 6 nitrogen and oxygen atoms in total. The van der Waals surface area contributed by atoms with Crippen LogP contribution < -0.4 is 10.0 Å². The van der Waals surface area contributed by atoms with E-state index in [9.17, 15) is 8.42 Å². The van der Waals surface area contributed by atoms with Gasteiger partial charge in [-0.05, 0) is 20.0 Å². The first-order chi connectivity index (χ1) is 9.46. The van der Waals surface area contributed by atoms with Crippen molar-refractivity contribution in [2.45, 2.75) is 26.8 Å². The topological polar surface area (TPSA) is 64.7 Å². The lowest BCUT2D eigenvalue weighted by Gasteiger charge is -2.27. The highest BCUT2D eigenvalue weighted by Crippen LogP contribution is 1.98. The van der Waals surface area contributed by atoms with Gasteiger partial charge in [0.2, 0.25) is 10.0 Å². The van der Waals surface area contributed by atoms with Crippen molar-refractivity contribution in [3.05, 3.63) is 0 Å². The summed E-state index contributed by atoms with van der Waals surface area (Å²) in [7, 11) is -3.18. The lowest BCUT2D eigenvalue weighted by Crippen LogP contribution is -2.47. The number of nitrogens with one attached hydrogen (secondary N) is 2. The van der Waals surface area contributed by atoms with Crippen molar-refractivity contribution in [3.63, 3.8) is 0 Å². The van der Waals surface area contributed by atoms with E-state index in [-0.39, 0.29) is 11.8 Å². The molecular formula is C13H30N4O2S. The standard InChI is InChI=1S/C13H30N4O2S/c1-4-16(5-2)12-13(3)15-20(18,19)11-10-17-8-6-14-7-9-17/h13-15H,4-12H2,1-3H3. The summed E-state index contributed by atoms with van der Waals surface area (Å²) in [6, 6.07) is -0.0390. The molecule has 2 N–H and O–H groups in total. The Balaban J connectivity index is 2.32. The molecule has 1 unspecified atom stereocenters. The molecule has 7 heteroatoms. The normalized spacial score (nSPS) is 19.4. The number of piperazine rings is 1. The van der Waals surface area contributed by atoms with Crippen molar-refractivity contribution in [1.82, 2.24) is 19.8 Å². The highest BCUT2D eigenvalue weighted by molar-refractivity contribution is 7.89.